The van der Waals surface area contributed by atoms with Crippen molar-refractivity contribution in [2.24, 2.45) is 5.73 Å². The van der Waals surface area contributed by atoms with Gasteiger partial charge in [0.25, 0.3) is 0 Å². The molecule has 0 fully saturated rings. The molecule has 1 aromatic rings. The Kier molecular flexibility index (Phi) is 4.26. The predicted octanol–water partition coefficient (Wildman–Crippen LogP) is 3.31. The molecule has 76 valence electrons. The summed E-state index contributed by atoms with van der Waals surface area (Å²) < 4.78 is 5.20. The Bertz CT molecular complexity index is 347. The van der Waals surface area contributed by atoms with Crippen LogP contribution in [0.2, 0.25) is 15.1 Å². The van der Waals surface area contributed by atoms with Crippen molar-refractivity contribution in [3.8, 4) is 5.75 Å². The topological polar surface area (TPSA) is 35.2 Å². The second-order valence-corrected chi connectivity index (χ2v) is 4.23. The van der Waals surface area contributed by atoms with Gasteiger partial charge < -0.3 is 10.5 Å². The molecular weight excluding hydrogens is 265 g/mol. The molecule has 0 radical (unpaired) electrons. The summed E-state index contributed by atoms with van der Waals surface area (Å²) in [6.07, 6.45) is 0. The van der Waals surface area contributed by atoms with Crippen LogP contribution in [0.25, 0.3) is 0 Å². The van der Waals surface area contributed by atoms with Crippen molar-refractivity contribution >= 4 is 52.0 Å². The van der Waals surface area contributed by atoms with Crippen LogP contribution in [-0.4, -0.2) is 11.6 Å². The summed E-state index contributed by atoms with van der Waals surface area (Å²) in [4.78, 5) is 0.229. The summed E-state index contributed by atoms with van der Waals surface area (Å²) in [5, 5.41) is 1.11. The van der Waals surface area contributed by atoms with E-state index >= 15 is 0 Å². The highest BCUT2D eigenvalue weighted by Crippen LogP contribution is 2.35. The van der Waals surface area contributed by atoms with Crippen LogP contribution in [0.15, 0.2) is 12.1 Å². The Balaban J connectivity index is 2.91. The average Bonchev–Trinajstić information content (AvgIpc) is 2.01. The molecule has 0 aromatic heterocycles. The van der Waals surface area contributed by atoms with Crippen molar-refractivity contribution in [3.63, 3.8) is 0 Å². The number of thiocarbonyl (C=S) groups is 1. The first kappa shape index (κ1) is 11.9. The highest BCUT2D eigenvalue weighted by atomic mass is 35.5. The smallest absolute Gasteiger partial charge is 0.157 e. The lowest BCUT2D eigenvalue weighted by Gasteiger charge is -2.09. The van der Waals surface area contributed by atoms with Gasteiger partial charge >= 0.3 is 0 Å². The van der Waals surface area contributed by atoms with Gasteiger partial charge in [-0.05, 0) is 12.1 Å². The molecule has 0 atom stereocenters. The van der Waals surface area contributed by atoms with E-state index in [1.165, 1.54) is 12.1 Å². The van der Waals surface area contributed by atoms with Crippen LogP contribution in [0, 0.1) is 0 Å². The molecule has 0 unspecified atom stereocenters. The maximum absolute atomic E-state index is 5.84. The van der Waals surface area contributed by atoms with Gasteiger partial charge in [-0.15, -0.1) is 0 Å². The van der Waals surface area contributed by atoms with Crippen LogP contribution < -0.4 is 10.5 Å². The van der Waals surface area contributed by atoms with E-state index in [9.17, 15) is 0 Å². The van der Waals surface area contributed by atoms with Crippen molar-refractivity contribution < 1.29 is 4.74 Å². The van der Waals surface area contributed by atoms with Crippen molar-refractivity contribution in [2.75, 3.05) is 6.61 Å². The number of halogens is 3. The van der Waals surface area contributed by atoms with E-state index in [1.807, 2.05) is 0 Å². The zero-order valence-electron chi connectivity index (χ0n) is 6.89. The quantitative estimate of drug-likeness (QED) is 0.856. The Labute approximate surface area is 102 Å². The van der Waals surface area contributed by atoms with Crippen LogP contribution in [0.5, 0.6) is 5.75 Å². The highest BCUT2D eigenvalue weighted by Gasteiger charge is 2.09. The molecule has 2 nitrogen and oxygen atoms in total. The second-order valence-electron chi connectivity index (χ2n) is 2.45. The largest absolute Gasteiger partial charge is 0.483 e. The van der Waals surface area contributed by atoms with Crippen molar-refractivity contribution in [3.05, 3.63) is 27.2 Å². The minimum Gasteiger partial charge on any atom is -0.483 e. The van der Waals surface area contributed by atoms with Crippen molar-refractivity contribution in [1.82, 2.24) is 0 Å². The molecule has 1 rings (SSSR count). The summed E-state index contributed by atoms with van der Waals surface area (Å²) in [6.45, 7) is 0.0937. The van der Waals surface area contributed by atoms with Gasteiger partial charge in [0.05, 0.1) is 10.0 Å². The van der Waals surface area contributed by atoms with Gasteiger partial charge in [0.1, 0.15) is 11.6 Å². The Hall–Kier alpha value is -0.220. The van der Waals surface area contributed by atoms with Gasteiger partial charge in [-0.1, -0.05) is 47.0 Å². The van der Waals surface area contributed by atoms with E-state index in [4.69, 9.17) is 45.3 Å². The standard InChI is InChI=1S/C8H6Cl3NOS/c9-4-1-5(10)8(6(11)2-4)13-3-7(12)14/h1-2H,3H2,(H2,12,14). The molecule has 14 heavy (non-hydrogen) atoms. The molecule has 0 amide bonds. The summed E-state index contributed by atoms with van der Waals surface area (Å²) >= 11 is 22.0. The molecule has 0 bridgehead atoms. The van der Waals surface area contributed by atoms with Gasteiger partial charge in [0.15, 0.2) is 5.75 Å². The molecule has 0 aliphatic heterocycles. The Morgan fingerprint density at radius 2 is 1.79 bits per heavy atom. The molecule has 0 spiro atoms. The number of nitrogens with two attached hydrogens (primary N) is 1. The first-order chi connectivity index (χ1) is 6.50. The molecule has 0 heterocycles. The van der Waals surface area contributed by atoms with Gasteiger partial charge in [0, 0.05) is 5.02 Å². The number of rotatable bonds is 3. The number of hydrogen-bond acceptors (Lipinski definition) is 2. The molecule has 2 N–H and O–H groups in total. The van der Waals surface area contributed by atoms with E-state index in [-0.39, 0.29) is 11.6 Å². The molecule has 0 aliphatic rings. The second kappa shape index (κ2) is 5.03. The zero-order valence-corrected chi connectivity index (χ0v) is 9.97. The van der Waals surface area contributed by atoms with Gasteiger partial charge in [-0.2, -0.15) is 0 Å². The third-order valence-corrected chi connectivity index (χ3v) is 2.22. The fourth-order valence-corrected chi connectivity index (χ4v) is 1.80. The lowest BCUT2D eigenvalue weighted by atomic mass is 10.3. The highest BCUT2D eigenvalue weighted by molar-refractivity contribution is 7.80. The predicted molar refractivity (Wildman–Crippen MR) is 63.8 cm³/mol. The fourth-order valence-electron chi connectivity index (χ4n) is 0.810. The third-order valence-electron chi connectivity index (χ3n) is 1.32. The fraction of sp³-hybridized carbons (Fsp3) is 0.125. The molecule has 1 aromatic carbocycles. The summed E-state index contributed by atoms with van der Waals surface area (Å²) in [6, 6.07) is 3.06. The Morgan fingerprint density at radius 1 is 1.29 bits per heavy atom. The lowest BCUT2D eigenvalue weighted by Crippen LogP contribution is -2.18. The molecule has 0 saturated carbocycles. The molecule has 0 aliphatic carbocycles. The zero-order chi connectivity index (χ0) is 10.7. The van der Waals surface area contributed by atoms with E-state index in [2.05, 4.69) is 12.2 Å². The Morgan fingerprint density at radius 3 is 2.21 bits per heavy atom. The van der Waals surface area contributed by atoms with Crippen LogP contribution in [0.4, 0.5) is 0 Å². The van der Waals surface area contributed by atoms with Crippen LogP contribution in [0.1, 0.15) is 0 Å². The van der Waals surface area contributed by atoms with Gasteiger partial charge in [-0.3, -0.25) is 0 Å². The summed E-state index contributed by atoms with van der Waals surface area (Å²) in [7, 11) is 0. The van der Waals surface area contributed by atoms with Crippen LogP contribution in [-0.2, 0) is 0 Å². The third kappa shape index (κ3) is 3.17. The van der Waals surface area contributed by atoms with E-state index < -0.39 is 0 Å². The van der Waals surface area contributed by atoms with Gasteiger partial charge in [-0.25, -0.2) is 0 Å². The minimum atomic E-state index is 0.0937. The number of benzene rings is 1. The van der Waals surface area contributed by atoms with E-state index in [0.717, 1.165) is 0 Å². The monoisotopic (exact) mass is 269 g/mol. The van der Waals surface area contributed by atoms with Crippen molar-refractivity contribution in [2.45, 2.75) is 0 Å². The number of ether oxygens (including phenoxy) is 1. The maximum atomic E-state index is 5.84. The minimum absolute atomic E-state index is 0.0937. The van der Waals surface area contributed by atoms with E-state index in [1.54, 1.807) is 0 Å². The lowest BCUT2D eigenvalue weighted by molar-refractivity contribution is 0.378. The SMILES string of the molecule is NC(=S)COc1c(Cl)cc(Cl)cc1Cl. The van der Waals surface area contributed by atoms with Crippen LogP contribution in [0.3, 0.4) is 0 Å². The van der Waals surface area contributed by atoms with Crippen LogP contribution >= 0.6 is 47.0 Å². The van der Waals surface area contributed by atoms with Crippen molar-refractivity contribution in [1.29, 1.82) is 0 Å². The number of hydrogen-bond donors (Lipinski definition) is 1. The maximum Gasteiger partial charge on any atom is 0.157 e. The molecule has 6 heteroatoms. The molecule has 0 saturated heterocycles. The first-order valence-corrected chi connectivity index (χ1v) is 5.10. The summed E-state index contributed by atoms with van der Waals surface area (Å²) in [5.41, 5.74) is 5.26. The van der Waals surface area contributed by atoms with Gasteiger partial charge in [0.2, 0.25) is 0 Å². The molecular formula is C8H6Cl3NOS. The van der Waals surface area contributed by atoms with E-state index in [0.29, 0.717) is 20.8 Å². The first-order valence-electron chi connectivity index (χ1n) is 3.56. The normalized spacial score (nSPS) is 9.93. The summed E-state index contributed by atoms with van der Waals surface area (Å²) in [5.74, 6) is 0.338. The average molecular weight is 271 g/mol.